The third-order valence-corrected chi connectivity index (χ3v) is 3.12. The van der Waals surface area contributed by atoms with Gasteiger partial charge in [0, 0.05) is 39.1 Å². The summed E-state index contributed by atoms with van der Waals surface area (Å²) in [6, 6.07) is 0. The minimum atomic E-state index is 0.736. The second-order valence-electron chi connectivity index (χ2n) is 4.23. The number of hydrogen-bond donors (Lipinski definition) is 1. The lowest BCUT2D eigenvalue weighted by atomic mass is 10.4. The van der Waals surface area contributed by atoms with Crippen LogP contribution in [0, 0.1) is 0 Å². The second kappa shape index (κ2) is 9.08. The van der Waals surface area contributed by atoms with Crippen LogP contribution in [0.2, 0.25) is 0 Å². The van der Waals surface area contributed by atoms with Crippen molar-refractivity contribution < 1.29 is 4.74 Å². The van der Waals surface area contributed by atoms with Gasteiger partial charge in [0.15, 0.2) is 0 Å². The summed E-state index contributed by atoms with van der Waals surface area (Å²) in [5, 5.41) is 3.32. The van der Waals surface area contributed by atoms with E-state index < -0.39 is 0 Å². The Balaban J connectivity index is 2.34. The van der Waals surface area contributed by atoms with E-state index in [9.17, 15) is 0 Å². The van der Waals surface area contributed by atoms with Gasteiger partial charge in [-0.25, -0.2) is 4.98 Å². The Morgan fingerprint density at radius 1 is 1.39 bits per heavy atom. The number of likely N-dealkylation sites (N-methyl/N-ethyl adjacent to an activating group) is 1. The predicted molar refractivity (Wildman–Crippen MR) is 73.6 cm³/mol. The van der Waals surface area contributed by atoms with Crippen molar-refractivity contribution in [3.8, 4) is 0 Å². The van der Waals surface area contributed by atoms with E-state index in [0.717, 1.165) is 51.7 Å². The molecule has 5 heteroatoms. The smallest absolute Gasteiger partial charge is 0.122 e. The minimum absolute atomic E-state index is 0.736. The maximum Gasteiger partial charge on any atom is 0.122 e. The minimum Gasteiger partial charge on any atom is -0.383 e. The fourth-order valence-electron chi connectivity index (χ4n) is 1.87. The molecule has 1 aromatic rings. The summed E-state index contributed by atoms with van der Waals surface area (Å²) >= 11 is 0. The van der Waals surface area contributed by atoms with Crippen LogP contribution in [0.3, 0.4) is 0 Å². The standard InChI is InChI=1S/C13H26N4O/c1-4-16(5-2)9-10-17-8-6-15-13(17)12-14-7-11-18-3/h6,8,14H,4-5,7,9-12H2,1-3H3. The predicted octanol–water partition coefficient (Wildman–Crippen LogP) is 0.961. The van der Waals surface area contributed by atoms with Gasteiger partial charge in [0.1, 0.15) is 5.82 Å². The molecule has 0 spiro atoms. The van der Waals surface area contributed by atoms with Crippen molar-refractivity contribution in [2.45, 2.75) is 26.9 Å². The van der Waals surface area contributed by atoms with E-state index in [1.54, 1.807) is 7.11 Å². The van der Waals surface area contributed by atoms with Gasteiger partial charge >= 0.3 is 0 Å². The molecule has 0 saturated heterocycles. The molecule has 0 aliphatic heterocycles. The van der Waals surface area contributed by atoms with Crippen molar-refractivity contribution in [2.75, 3.05) is 39.9 Å². The average molecular weight is 254 g/mol. The van der Waals surface area contributed by atoms with E-state index in [-0.39, 0.29) is 0 Å². The molecule has 1 aromatic heterocycles. The van der Waals surface area contributed by atoms with Crippen LogP contribution >= 0.6 is 0 Å². The van der Waals surface area contributed by atoms with Crippen LogP contribution in [0.1, 0.15) is 19.7 Å². The Morgan fingerprint density at radius 3 is 2.83 bits per heavy atom. The van der Waals surface area contributed by atoms with Gasteiger partial charge in [-0.1, -0.05) is 13.8 Å². The number of nitrogens with one attached hydrogen (secondary N) is 1. The molecule has 0 aliphatic rings. The summed E-state index contributed by atoms with van der Waals surface area (Å²) in [6.45, 7) is 11.1. The third-order valence-electron chi connectivity index (χ3n) is 3.12. The lowest BCUT2D eigenvalue weighted by Gasteiger charge is -2.18. The Kier molecular flexibility index (Phi) is 7.64. The number of nitrogens with zero attached hydrogens (tertiary/aromatic N) is 3. The lowest BCUT2D eigenvalue weighted by molar-refractivity contribution is 0.198. The van der Waals surface area contributed by atoms with Crippen molar-refractivity contribution in [3.05, 3.63) is 18.2 Å². The highest BCUT2D eigenvalue weighted by Crippen LogP contribution is 1.99. The van der Waals surface area contributed by atoms with Crippen LogP contribution in [-0.4, -0.2) is 54.3 Å². The van der Waals surface area contributed by atoms with Crippen molar-refractivity contribution >= 4 is 0 Å². The van der Waals surface area contributed by atoms with E-state index >= 15 is 0 Å². The van der Waals surface area contributed by atoms with Gasteiger partial charge in [-0.15, -0.1) is 0 Å². The fourth-order valence-corrected chi connectivity index (χ4v) is 1.87. The molecule has 0 aromatic carbocycles. The highest BCUT2D eigenvalue weighted by Gasteiger charge is 2.04. The fraction of sp³-hybridized carbons (Fsp3) is 0.769. The van der Waals surface area contributed by atoms with Crippen LogP contribution in [0.25, 0.3) is 0 Å². The molecular formula is C13H26N4O. The van der Waals surface area contributed by atoms with Gasteiger partial charge in [-0.2, -0.15) is 0 Å². The number of imidazole rings is 1. The normalized spacial score (nSPS) is 11.3. The molecule has 0 aliphatic carbocycles. The molecule has 0 radical (unpaired) electrons. The summed E-state index contributed by atoms with van der Waals surface area (Å²) in [4.78, 5) is 6.80. The van der Waals surface area contributed by atoms with Gasteiger partial charge in [-0.3, -0.25) is 0 Å². The van der Waals surface area contributed by atoms with Crippen LogP contribution < -0.4 is 5.32 Å². The molecular weight excluding hydrogens is 228 g/mol. The molecule has 1 rings (SSSR count). The molecule has 5 nitrogen and oxygen atoms in total. The summed E-state index contributed by atoms with van der Waals surface area (Å²) in [5.41, 5.74) is 0. The SMILES string of the molecule is CCN(CC)CCn1ccnc1CNCCOC. The van der Waals surface area contributed by atoms with Gasteiger partial charge < -0.3 is 19.5 Å². The Hall–Kier alpha value is -0.910. The van der Waals surface area contributed by atoms with Crippen LogP contribution in [0.15, 0.2) is 12.4 Å². The number of hydrogen-bond acceptors (Lipinski definition) is 4. The first kappa shape index (κ1) is 15.1. The molecule has 104 valence electrons. The van der Waals surface area contributed by atoms with Crippen molar-refractivity contribution in [1.29, 1.82) is 0 Å². The summed E-state index contributed by atoms with van der Waals surface area (Å²) in [7, 11) is 1.71. The molecule has 0 unspecified atom stereocenters. The monoisotopic (exact) mass is 254 g/mol. The largest absolute Gasteiger partial charge is 0.383 e. The van der Waals surface area contributed by atoms with Crippen molar-refractivity contribution in [1.82, 2.24) is 19.8 Å². The first-order chi connectivity index (χ1) is 8.81. The zero-order chi connectivity index (χ0) is 13.2. The highest BCUT2D eigenvalue weighted by atomic mass is 16.5. The Bertz CT molecular complexity index is 310. The maximum atomic E-state index is 5.00. The zero-order valence-electron chi connectivity index (χ0n) is 11.9. The second-order valence-corrected chi connectivity index (χ2v) is 4.23. The quantitative estimate of drug-likeness (QED) is 0.632. The number of aromatic nitrogens is 2. The van der Waals surface area contributed by atoms with E-state index in [1.807, 2.05) is 6.20 Å². The topological polar surface area (TPSA) is 42.3 Å². The van der Waals surface area contributed by atoms with Crippen LogP contribution in [0.5, 0.6) is 0 Å². The molecule has 0 bridgehead atoms. The van der Waals surface area contributed by atoms with E-state index in [1.165, 1.54) is 0 Å². The highest BCUT2D eigenvalue weighted by molar-refractivity contribution is 4.92. The molecule has 1 N–H and O–H groups in total. The third kappa shape index (κ3) is 5.16. The summed E-state index contributed by atoms with van der Waals surface area (Å²) in [6.07, 6.45) is 3.92. The molecule has 0 fully saturated rings. The average Bonchev–Trinajstić information content (AvgIpc) is 2.83. The maximum absolute atomic E-state index is 5.00. The van der Waals surface area contributed by atoms with Gasteiger partial charge in [-0.05, 0) is 13.1 Å². The van der Waals surface area contributed by atoms with Crippen LogP contribution in [-0.2, 0) is 17.8 Å². The number of rotatable bonds is 10. The van der Waals surface area contributed by atoms with E-state index in [0.29, 0.717) is 0 Å². The first-order valence-corrected chi connectivity index (χ1v) is 6.73. The van der Waals surface area contributed by atoms with Gasteiger partial charge in [0.25, 0.3) is 0 Å². The molecule has 0 amide bonds. The van der Waals surface area contributed by atoms with E-state index in [2.05, 4.69) is 39.8 Å². The molecule has 18 heavy (non-hydrogen) atoms. The zero-order valence-corrected chi connectivity index (χ0v) is 11.9. The van der Waals surface area contributed by atoms with Gasteiger partial charge in [0.05, 0.1) is 13.2 Å². The van der Waals surface area contributed by atoms with Crippen molar-refractivity contribution in [3.63, 3.8) is 0 Å². The summed E-state index contributed by atoms with van der Waals surface area (Å²) < 4.78 is 7.22. The Morgan fingerprint density at radius 2 is 2.17 bits per heavy atom. The molecule has 0 saturated carbocycles. The van der Waals surface area contributed by atoms with E-state index in [4.69, 9.17) is 4.74 Å². The number of ether oxygens (including phenoxy) is 1. The van der Waals surface area contributed by atoms with Crippen molar-refractivity contribution in [2.24, 2.45) is 0 Å². The Labute approximate surface area is 110 Å². The lowest BCUT2D eigenvalue weighted by Crippen LogP contribution is -2.28. The molecule has 0 atom stereocenters. The van der Waals surface area contributed by atoms with Gasteiger partial charge in [0.2, 0.25) is 0 Å². The first-order valence-electron chi connectivity index (χ1n) is 6.73. The molecule has 1 heterocycles. The number of methoxy groups -OCH3 is 1. The summed E-state index contributed by atoms with van der Waals surface area (Å²) in [5.74, 6) is 1.10. The van der Waals surface area contributed by atoms with Crippen LogP contribution in [0.4, 0.5) is 0 Å².